The number of nitrogens with zero attached hydrogens (tertiary/aromatic N) is 2. The summed E-state index contributed by atoms with van der Waals surface area (Å²) in [4.78, 5) is 29.1. The van der Waals surface area contributed by atoms with Gasteiger partial charge in [-0.1, -0.05) is 48.2 Å². The second-order valence-electron chi connectivity index (χ2n) is 9.16. The van der Waals surface area contributed by atoms with Crippen molar-refractivity contribution in [3.05, 3.63) is 71.3 Å². The third-order valence-electron chi connectivity index (χ3n) is 6.67. The molecule has 192 valence electrons. The van der Waals surface area contributed by atoms with E-state index in [1.165, 1.54) is 48.2 Å². The maximum atomic E-state index is 13.5. The highest BCUT2D eigenvalue weighted by Crippen LogP contribution is 2.38. The maximum absolute atomic E-state index is 13.5. The fourth-order valence-electron chi connectivity index (χ4n) is 4.64. The third kappa shape index (κ3) is 5.22. The highest BCUT2D eigenvalue weighted by molar-refractivity contribution is 7.89. The molecule has 2 aliphatic rings. The Balaban J connectivity index is 1.66. The Kier molecular flexibility index (Phi) is 7.89. The van der Waals surface area contributed by atoms with Crippen molar-refractivity contribution in [1.29, 1.82) is 0 Å². The van der Waals surface area contributed by atoms with E-state index < -0.39 is 33.5 Å². The standard InChI is InChI=1S/C26H31N3O6S/c1-27(2)36(33,34)21-11-9-20(10-12-21)24(30)22-23(19-7-4-3-5-8-19)29(26(32)25(22)31)14-6-13-28-15-17-35-18-16-28/h3-5,7-12,23,30H,6,13-18H2,1-2H3/b24-22+. The molecule has 2 heterocycles. The van der Waals surface area contributed by atoms with Crippen molar-refractivity contribution in [1.82, 2.24) is 9.21 Å². The molecule has 2 aromatic rings. The van der Waals surface area contributed by atoms with E-state index in [4.69, 9.17) is 4.74 Å². The number of benzene rings is 2. The molecule has 1 amide bonds. The minimum atomic E-state index is -3.66. The number of quaternary nitrogens is 1. The molecule has 1 unspecified atom stereocenters. The van der Waals surface area contributed by atoms with Crippen LogP contribution in [0.5, 0.6) is 0 Å². The average Bonchev–Trinajstić information content (AvgIpc) is 3.14. The van der Waals surface area contributed by atoms with Crippen LogP contribution in [-0.4, -0.2) is 82.8 Å². The van der Waals surface area contributed by atoms with Crippen LogP contribution in [0.1, 0.15) is 23.6 Å². The van der Waals surface area contributed by atoms with Gasteiger partial charge in [-0.3, -0.25) is 9.59 Å². The predicted octanol–water partition coefficient (Wildman–Crippen LogP) is -0.534. The lowest BCUT2D eigenvalue weighted by atomic mass is 9.95. The van der Waals surface area contributed by atoms with Gasteiger partial charge >= 0.3 is 0 Å². The van der Waals surface area contributed by atoms with Crippen LogP contribution in [0.25, 0.3) is 5.76 Å². The molecule has 0 radical (unpaired) electrons. The summed E-state index contributed by atoms with van der Waals surface area (Å²) >= 11 is 0. The third-order valence-corrected chi connectivity index (χ3v) is 8.50. The van der Waals surface area contributed by atoms with Gasteiger partial charge in [-0.15, -0.1) is 0 Å². The molecule has 10 heteroatoms. The van der Waals surface area contributed by atoms with Crippen LogP contribution in [0, 0.1) is 0 Å². The van der Waals surface area contributed by atoms with Gasteiger partial charge in [0, 0.05) is 32.6 Å². The molecule has 9 nitrogen and oxygen atoms in total. The van der Waals surface area contributed by atoms with Crippen molar-refractivity contribution in [2.45, 2.75) is 17.4 Å². The molecule has 2 saturated heterocycles. The zero-order valence-corrected chi connectivity index (χ0v) is 21.3. The quantitative estimate of drug-likeness (QED) is 0.289. The number of nitrogens with one attached hydrogen (secondary N) is 1. The summed E-state index contributed by atoms with van der Waals surface area (Å²) in [6.45, 7) is 4.43. The van der Waals surface area contributed by atoms with Crippen molar-refractivity contribution in [3.63, 3.8) is 0 Å². The first-order valence-electron chi connectivity index (χ1n) is 12.0. The lowest BCUT2D eigenvalue weighted by Gasteiger charge is -2.29. The summed E-state index contributed by atoms with van der Waals surface area (Å²) in [7, 11) is -0.818. The Labute approximate surface area is 211 Å². The van der Waals surface area contributed by atoms with Gasteiger partial charge in [0.1, 0.15) is 13.1 Å². The van der Waals surface area contributed by atoms with Crippen LogP contribution in [0.2, 0.25) is 0 Å². The summed E-state index contributed by atoms with van der Waals surface area (Å²) in [5.41, 5.74) is 0.739. The van der Waals surface area contributed by atoms with Gasteiger partial charge < -0.3 is 19.6 Å². The van der Waals surface area contributed by atoms with Gasteiger partial charge in [0.2, 0.25) is 15.8 Å². The van der Waals surface area contributed by atoms with E-state index in [1.807, 2.05) is 18.2 Å². The Bertz CT molecular complexity index is 1240. The fraction of sp³-hybridized carbons (Fsp3) is 0.385. The molecule has 0 aliphatic carbocycles. The fourth-order valence-corrected chi connectivity index (χ4v) is 5.54. The number of hydrogen-bond acceptors (Lipinski definition) is 6. The van der Waals surface area contributed by atoms with Crippen molar-refractivity contribution in [3.8, 4) is 0 Å². The normalized spacial score (nSPS) is 20.9. The van der Waals surface area contributed by atoms with E-state index in [1.54, 1.807) is 12.1 Å². The Hall–Kier alpha value is -3.05. The zero-order valence-electron chi connectivity index (χ0n) is 20.5. The summed E-state index contributed by atoms with van der Waals surface area (Å²) < 4.78 is 31.2. The van der Waals surface area contributed by atoms with Crippen molar-refractivity contribution >= 4 is 27.5 Å². The Morgan fingerprint density at radius 3 is 2.31 bits per heavy atom. The van der Waals surface area contributed by atoms with Gasteiger partial charge in [-0.2, -0.15) is 0 Å². The van der Waals surface area contributed by atoms with Crippen LogP contribution in [0.15, 0.2) is 65.1 Å². The number of hydrogen-bond donors (Lipinski definition) is 1. The number of likely N-dealkylation sites (tertiary alicyclic amines) is 1. The number of sulfonamides is 1. The number of rotatable bonds is 8. The molecular formula is C26H31N3O6S. The van der Waals surface area contributed by atoms with Crippen LogP contribution >= 0.6 is 0 Å². The Morgan fingerprint density at radius 2 is 1.69 bits per heavy atom. The van der Waals surface area contributed by atoms with Crippen LogP contribution in [0.3, 0.4) is 0 Å². The van der Waals surface area contributed by atoms with Crippen molar-refractivity contribution < 1.29 is 32.8 Å². The second kappa shape index (κ2) is 10.9. The lowest BCUT2D eigenvalue weighted by Crippen LogP contribution is -3.14. The maximum Gasteiger partial charge on any atom is 0.295 e. The molecule has 1 N–H and O–H groups in total. The number of ketones is 1. The molecule has 1 atom stereocenters. The lowest BCUT2D eigenvalue weighted by molar-refractivity contribution is -0.908. The number of ether oxygens (including phenoxy) is 1. The molecule has 0 bridgehead atoms. The summed E-state index contributed by atoms with van der Waals surface area (Å²) in [5.74, 6) is -2.06. The van der Waals surface area contributed by atoms with E-state index in [0.717, 1.165) is 23.9 Å². The van der Waals surface area contributed by atoms with E-state index in [9.17, 15) is 23.1 Å². The van der Waals surface area contributed by atoms with E-state index >= 15 is 0 Å². The van der Waals surface area contributed by atoms with Gasteiger partial charge in [0.15, 0.2) is 0 Å². The van der Waals surface area contributed by atoms with E-state index in [0.29, 0.717) is 31.7 Å². The van der Waals surface area contributed by atoms with Gasteiger partial charge in [-0.05, 0) is 23.3 Å². The van der Waals surface area contributed by atoms with Crippen molar-refractivity contribution in [2.24, 2.45) is 0 Å². The minimum absolute atomic E-state index is 0.0368. The van der Waals surface area contributed by atoms with Gasteiger partial charge in [0.25, 0.3) is 5.91 Å². The molecule has 2 fully saturated rings. The molecule has 4 rings (SSSR count). The van der Waals surface area contributed by atoms with Crippen LogP contribution < -0.4 is 10.0 Å². The first-order valence-corrected chi connectivity index (χ1v) is 13.4. The number of morpholine rings is 1. The monoisotopic (exact) mass is 513 g/mol. The molecule has 2 aromatic carbocycles. The van der Waals surface area contributed by atoms with Gasteiger partial charge in [0.05, 0.1) is 30.7 Å². The van der Waals surface area contributed by atoms with E-state index in [-0.39, 0.29) is 16.0 Å². The molecule has 0 spiro atoms. The minimum Gasteiger partial charge on any atom is -0.872 e. The zero-order chi connectivity index (χ0) is 25.9. The molecular weight excluding hydrogens is 482 g/mol. The largest absolute Gasteiger partial charge is 0.872 e. The number of carbonyl (C=O) groups is 2. The van der Waals surface area contributed by atoms with Crippen molar-refractivity contribution in [2.75, 3.05) is 53.5 Å². The molecule has 0 saturated carbocycles. The van der Waals surface area contributed by atoms with Crippen LogP contribution in [-0.2, 0) is 24.3 Å². The highest BCUT2D eigenvalue weighted by Gasteiger charge is 2.44. The highest BCUT2D eigenvalue weighted by atomic mass is 32.2. The molecule has 36 heavy (non-hydrogen) atoms. The average molecular weight is 514 g/mol. The topological polar surface area (TPSA) is 111 Å². The molecule has 2 aliphatic heterocycles. The summed E-state index contributed by atoms with van der Waals surface area (Å²) in [5, 5.41) is 13.5. The number of amides is 1. The van der Waals surface area contributed by atoms with Crippen LogP contribution in [0.4, 0.5) is 0 Å². The van der Waals surface area contributed by atoms with Gasteiger partial charge in [-0.25, -0.2) is 12.7 Å². The summed E-state index contributed by atoms with van der Waals surface area (Å²) in [6.07, 6.45) is 0.691. The number of Topliss-reactive ketones (excluding diaryl/α,β-unsaturated/α-hetero) is 1. The Morgan fingerprint density at radius 1 is 1.06 bits per heavy atom. The first-order chi connectivity index (χ1) is 17.2. The SMILES string of the molecule is CN(C)S(=O)(=O)c1ccc(/C([O-])=C2\C(=O)C(=O)N(CCC[NH+]3CCOCC3)C2c2ccccc2)cc1. The summed E-state index contributed by atoms with van der Waals surface area (Å²) in [6, 6.07) is 13.7. The number of carbonyl (C=O) groups excluding carboxylic acids is 2. The predicted molar refractivity (Wildman–Crippen MR) is 131 cm³/mol. The second-order valence-corrected chi connectivity index (χ2v) is 11.3. The smallest absolute Gasteiger partial charge is 0.295 e. The van der Waals surface area contributed by atoms with E-state index in [2.05, 4.69) is 0 Å². The molecule has 0 aromatic heterocycles. The first kappa shape index (κ1) is 26.0.